The molecule has 4 nitrogen and oxygen atoms in total. The van der Waals surface area contributed by atoms with Gasteiger partial charge in [-0.15, -0.1) is 0 Å². The van der Waals surface area contributed by atoms with Gasteiger partial charge in [0, 0.05) is 18.2 Å². The molecule has 4 heteroatoms. The van der Waals surface area contributed by atoms with Crippen molar-refractivity contribution in [1.29, 1.82) is 0 Å². The summed E-state index contributed by atoms with van der Waals surface area (Å²) in [6, 6.07) is 7.71. The maximum Gasteiger partial charge on any atom is 0.254 e. The van der Waals surface area contributed by atoms with Crippen molar-refractivity contribution >= 4 is 5.91 Å². The average molecular weight is 276 g/mol. The highest BCUT2D eigenvalue weighted by Crippen LogP contribution is 2.25. The first-order chi connectivity index (χ1) is 9.65. The van der Waals surface area contributed by atoms with Crippen LogP contribution < -0.4 is 10.5 Å². The van der Waals surface area contributed by atoms with Crippen LogP contribution >= 0.6 is 0 Å². The molecule has 2 atom stereocenters. The lowest BCUT2D eigenvalue weighted by atomic mass is 10.1. The molecule has 1 heterocycles. The van der Waals surface area contributed by atoms with Crippen LogP contribution in [-0.2, 0) is 0 Å². The van der Waals surface area contributed by atoms with Crippen LogP contribution in [0.25, 0.3) is 0 Å². The van der Waals surface area contributed by atoms with E-state index in [-0.39, 0.29) is 11.9 Å². The monoisotopic (exact) mass is 276 g/mol. The Labute approximate surface area is 120 Å². The lowest BCUT2D eigenvalue weighted by molar-refractivity contribution is 0.0743. The van der Waals surface area contributed by atoms with Crippen LogP contribution in [0.2, 0.25) is 0 Å². The second-order valence-corrected chi connectivity index (χ2v) is 5.52. The van der Waals surface area contributed by atoms with Crippen molar-refractivity contribution in [3.63, 3.8) is 0 Å². The molecule has 2 rings (SSSR count). The number of hydrogen-bond donors (Lipinski definition) is 1. The number of nitrogens with zero attached hydrogens (tertiary/aromatic N) is 1. The third-order valence-electron chi connectivity index (χ3n) is 3.81. The Balaban J connectivity index is 2.09. The first-order valence-corrected chi connectivity index (χ1v) is 7.39. The number of amides is 1. The molecule has 0 aromatic heterocycles. The Bertz CT molecular complexity index is 462. The van der Waals surface area contributed by atoms with Crippen molar-refractivity contribution in [2.45, 2.75) is 32.7 Å². The van der Waals surface area contributed by atoms with Crippen LogP contribution in [0.5, 0.6) is 5.75 Å². The second kappa shape index (κ2) is 6.75. The summed E-state index contributed by atoms with van der Waals surface area (Å²) in [5, 5.41) is 0. The Morgan fingerprint density at radius 1 is 1.50 bits per heavy atom. The van der Waals surface area contributed by atoms with Gasteiger partial charge in [0.15, 0.2) is 0 Å². The van der Waals surface area contributed by atoms with Crippen molar-refractivity contribution in [1.82, 2.24) is 4.90 Å². The zero-order valence-corrected chi connectivity index (χ0v) is 12.3. The molecule has 2 unspecified atom stereocenters. The molecule has 1 fully saturated rings. The Morgan fingerprint density at radius 3 is 2.95 bits per heavy atom. The fourth-order valence-electron chi connectivity index (χ4n) is 2.70. The van der Waals surface area contributed by atoms with Crippen LogP contribution in [0.1, 0.15) is 37.0 Å². The van der Waals surface area contributed by atoms with Gasteiger partial charge >= 0.3 is 0 Å². The SMILES string of the molecule is CCCOc1cccc(C(=O)N2CC(CN)CC2C)c1. The van der Waals surface area contributed by atoms with Gasteiger partial charge in [-0.05, 0) is 50.4 Å². The summed E-state index contributed by atoms with van der Waals surface area (Å²) in [5.74, 6) is 1.27. The lowest BCUT2D eigenvalue weighted by Gasteiger charge is -2.21. The summed E-state index contributed by atoms with van der Waals surface area (Å²) >= 11 is 0. The molecule has 1 aliphatic rings. The van der Waals surface area contributed by atoms with Gasteiger partial charge in [0.05, 0.1) is 6.61 Å². The summed E-state index contributed by atoms with van der Waals surface area (Å²) in [6.45, 7) is 6.23. The third kappa shape index (κ3) is 3.31. The molecular weight excluding hydrogens is 252 g/mol. The standard InChI is InChI=1S/C16H24N2O2/c1-3-7-20-15-6-4-5-14(9-15)16(19)18-11-13(10-17)8-12(18)2/h4-6,9,12-13H,3,7-8,10-11,17H2,1-2H3. The van der Waals surface area contributed by atoms with Crippen LogP contribution in [0.15, 0.2) is 24.3 Å². The number of carbonyl (C=O) groups excluding carboxylic acids is 1. The summed E-state index contributed by atoms with van der Waals surface area (Å²) in [6.07, 6.45) is 1.95. The number of carbonyl (C=O) groups is 1. The molecule has 1 aromatic carbocycles. The quantitative estimate of drug-likeness (QED) is 0.897. The van der Waals surface area contributed by atoms with E-state index < -0.39 is 0 Å². The minimum absolute atomic E-state index is 0.0791. The molecule has 0 aliphatic carbocycles. The molecule has 1 amide bonds. The number of ether oxygens (including phenoxy) is 1. The highest BCUT2D eigenvalue weighted by molar-refractivity contribution is 5.95. The number of likely N-dealkylation sites (tertiary alicyclic amines) is 1. The normalized spacial score (nSPS) is 22.1. The average Bonchev–Trinajstić information content (AvgIpc) is 2.86. The molecule has 0 saturated carbocycles. The number of rotatable bonds is 5. The molecule has 1 saturated heterocycles. The second-order valence-electron chi connectivity index (χ2n) is 5.52. The zero-order chi connectivity index (χ0) is 14.5. The minimum atomic E-state index is 0.0791. The Morgan fingerprint density at radius 2 is 2.30 bits per heavy atom. The molecular formula is C16H24N2O2. The molecule has 0 spiro atoms. The largest absolute Gasteiger partial charge is 0.494 e. The third-order valence-corrected chi connectivity index (χ3v) is 3.81. The van der Waals surface area contributed by atoms with Gasteiger partial charge in [-0.1, -0.05) is 13.0 Å². The highest BCUT2D eigenvalue weighted by Gasteiger charge is 2.32. The number of hydrogen-bond acceptors (Lipinski definition) is 3. The smallest absolute Gasteiger partial charge is 0.254 e. The summed E-state index contributed by atoms with van der Waals surface area (Å²) in [4.78, 5) is 14.5. The van der Waals surface area contributed by atoms with Crippen molar-refractivity contribution in [2.75, 3.05) is 19.7 Å². The molecule has 2 N–H and O–H groups in total. The highest BCUT2D eigenvalue weighted by atomic mass is 16.5. The van der Waals surface area contributed by atoms with E-state index in [1.807, 2.05) is 29.2 Å². The molecule has 110 valence electrons. The topological polar surface area (TPSA) is 55.6 Å². The van der Waals surface area contributed by atoms with E-state index in [9.17, 15) is 4.79 Å². The van der Waals surface area contributed by atoms with Gasteiger partial charge in [-0.2, -0.15) is 0 Å². The molecule has 0 bridgehead atoms. The number of nitrogens with two attached hydrogens (primary N) is 1. The van der Waals surface area contributed by atoms with E-state index in [1.54, 1.807) is 0 Å². The summed E-state index contributed by atoms with van der Waals surface area (Å²) in [5.41, 5.74) is 6.42. The van der Waals surface area contributed by atoms with Gasteiger partial charge in [-0.3, -0.25) is 4.79 Å². The van der Waals surface area contributed by atoms with Crippen LogP contribution in [0.3, 0.4) is 0 Å². The van der Waals surface area contributed by atoms with Crippen molar-refractivity contribution in [3.05, 3.63) is 29.8 Å². The van der Waals surface area contributed by atoms with E-state index in [1.165, 1.54) is 0 Å². The Hall–Kier alpha value is -1.55. The minimum Gasteiger partial charge on any atom is -0.494 e. The van der Waals surface area contributed by atoms with Crippen LogP contribution in [0, 0.1) is 5.92 Å². The van der Waals surface area contributed by atoms with Crippen LogP contribution in [-0.4, -0.2) is 36.5 Å². The van der Waals surface area contributed by atoms with E-state index in [4.69, 9.17) is 10.5 Å². The van der Waals surface area contributed by atoms with Gasteiger partial charge in [0.1, 0.15) is 5.75 Å². The van der Waals surface area contributed by atoms with Crippen LogP contribution in [0.4, 0.5) is 0 Å². The van der Waals surface area contributed by atoms with Gasteiger partial charge < -0.3 is 15.4 Å². The number of benzene rings is 1. The van der Waals surface area contributed by atoms with Gasteiger partial charge in [0.2, 0.25) is 0 Å². The summed E-state index contributed by atoms with van der Waals surface area (Å²) in [7, 11) is 0. The maximum atomic E-state index is 12.6. The van der Waals surface area contributed by atoms with Crippen molar-refractivity contribution < 1.29 is 9.53 Å². The molecule has 1 aliphatic heterocycles. The van der Waals surface area contributed by atoms with Crippen molar-refractivity contribution in [2.24, 2.45) is 11.7 Å². The van der Waals surface area contributed by atoms with E-state index in [2.05, 4.69) is 13.8 Å². The molecule has 0 radical (unpaired) electrons. The summed E-state index contributed by atoms with van der Waals surface area (Å²) < 4.78 is 5.59. The van der Waals surface area contributed by atoms with E-state index in [0.29, 0.717) is 24.6 Å². The van der Waals surface area contributed by atoms with E-state index in [0.717, 1.165) is 25.1 Å². The molecule has 20 heavy (non-hydrogen) atoms. The fraction of sp³-hybridized carbons (Fsp3) is 0.562. The zero-order valence-electron chi connectivity index (χ0n) is 12.3. The fourth-order valence-corrected chi connectivity index (χ4v) is 2.70. The predicted octanol–water partition coefficient (Wildman–Crippen LogP) is 2.28. The van der Waals surface area contributed by atoms with Crippen molar-refractivity contribution in [3.8, 4) is 5.75 Å². The van der Waals surface area contributed by atoms with Gasteiger partial charge in [0.25, 0.3) is 5.91 Å². The van der Waals surface area contributed by atoms with Gasteiger partial charge in [-0.25, -0.2) is 0 Å². The first kappa shape index (κ1) is 14.9. The lowest BCUT2D eigenvalue weighted by Crippen LogP contribution is -2.34. The Kier molecular flexibility index (Phi) is 5.01. The van der Waals surface area contributed by atoms with E-state index >= 15 is 0 Å². The predicted molar refractivity (Wildman–Crippen MR) is 79.9 cm³/mol. The molecule has 1 aromatic rings. The first-order valence-electron chi connectivity index (χ1n) is 7.39. The maximum absolute atomic E-state index is 12.6.